The maximum Gasteiger partial charge on any atom is 0.144 e. The van der Waals surface area contributed by atoms with Crippen LogP contribution < -0.4 is 0 Å². The summed E-state index contributed by atoms with van der Waals surface area (Å²) in [5, 5.41) is 19.7. The van der Waals surface area contributed by atoms with Crippen molar-refractivity contribution < 1.29 is 10.2 Å². The van der Waals surface area contributed by atoms with Crippen molar-refractivity contribution in [2.75, 3.05) is 0 Å². The van der Waals surface area contributed by atoms with Gasteiger partial charge in [0.25, 0.3) is 0 Å². The second-order valence-electron chi connectivity index (χ2n) is 3.84. The lowest BCUT2D eigenvalue weighted by Crippen LogP contribution is -1.84. The number of aliphatic imine (C=N–C) groups is 1. The molecule has 2 aromatic carbocycles. The molecule has 0 heterocycles. The fourth-order valence-electron chi connectivity index (χ4n) is 1.46. The zero-order valence-corrected chi connectivity index (χ0v) is 15.3. The first kappa shape index (κ1) is 15.8. The molecule has 0 radical (unpaired) electrons. The summed E-state index contributed by atoms with van der Waals surface area (Å²) in [6.07, 6.45) is 1.50. The number of phenols is 2. The molecule has 0 amide bonds. The standard InChI is InChI=1S/C13H7Br3ClNO2/c14-7-1-6(12(19)11(17)2-7)5-18-8-3-9(15)13(20)10(16)4-8/h1-5,19-20H. The molecule has 2 N–H and O–H groups in total. The van der Waals surface area contributed by atoms with Gasteiger partial charge in [-0.1, -0.05) is 27.5 Å². The number of nitrogens with zero attached hydrogens (tertiary/aromatic N) is 1. The smallest absolute Gasteiger partial charge is 0.144 e. The maximum atomic E-state index is 9.85. The first-order valence-corrected chi connectivity index (χ1v) is 8.04. The molecule has 0 bridgehead atoms. The van der Waals surface area contributed by atoms with Crippen molar-refractivity contribution in [2.45, 2.75) is 0 Å². The van der Waals surface area contributed by atoms with Crippen molar-refractivity contribution in [1.29, 1.82) is 0 Å². The van der Waals surface area contributed by atoms with Crippen LogP contribution >= 0.6 is 59.4 Å². The van der Waals surface area contributed by atoms with Gasteiger partial charge in [0.05, 0.1) is 19.7 Å². The molecule has 2 rings (SSSR count). The molecule has 0 unspecified atom stereocenters. The Morgan fingerprint density at radius 3 is 2.15 bits per heavy atom. The van der Waals surface area contributed by atoms with Crippen LogP contribution in [0.5, 0.6) is 11.5 Å². The Kier molecular flexibility index (Phi) is 5.12. The summed E-state index contributed by atoms with van der Waals surface area (Å²) in [5.41, 5.74) is 1.10. The molecule has 2 aromatic rings. The fourth-order valence-corrected chi connectivity index (χ4v) is 3.45. The zero-order chi connectivity index (χ0) is 14.9. The SMILES string of the molecule is Oc1c(Br)cc(N=Cc2cc(Br)cc(Cl)c2O)cc1Br. The lowest BCUT2D eigenvalue weighted by Gasteiger charge is -2.04. The van der Waals surface area contributed by atoms with E-state index in [2.05, 4.69) is 52.8 Å². The predicted octanol–water partition coefficient (Wildman–Crippen LogP) is 5.79. The first-order valence-electron chi connectivity index (χ1n) is 5.28. The van der Waals surface area contributed by atoms with E-state index in [1.165, 1.54) is 6.21 Å². The Bertz CT molecular complexity index is 681. The minimum Gasteiger partial charge on any atom is -0.506 e. The third kappa shape index (κ3) is 3.55. The third-order valence-corrected chi connectivity index (χ3v) is 4.37. The van der Waals surface area contributed by atoms with Gasteiger partial charge in [0.2, 0.25) is 0 Å². The Morgan fingerprint density at radius 2 is 1.55 bits per heavy atom. The number of hydrogen-bond acceptors (Lipinski definition) is 3. The van der Waals surface area contributed by atoms with Crippen molar-refractivity contribution in [3.63, 3.8) is 0 Å². The van der Waals surface area contributed by atoms with E-state index in [1.807, 2.05) is 0 Å². The van der Waals surface area contributed by atoms with Gasteiger partial charge >= 0.3 is 0 Å². The van der Waals surface area contributed by atoms with Crippen LogP contribution in [0.25, 0.3) is 0 Å². The zero-order valence-electron chi connectivity index (χ0n) is 9.74. The van der Waals surface area contributed by atoms with Gasteiger partial charge in [0, 0.05) is 16.3 Å². The molecule has 0 aliphatic carbocycles. The van der Waals surface area contributed by atoms with Gasteiger partial charge in [-0.2, -0.15) is 0 Å². The molecular weight excluding hydrogens is 477 g/mol. The summed E-state index contributed by atoms with van der Waals surface area (Å²) < 4.78 is 1.79. The van der Waals surface area contributed by atoms with E-state index in [0.717, 1.165) is 4.47 Å². The average Bonchev–Trinajstić information content (AvgIpc) is 2.38. The van der Waals surface area contributed by atoms with E-state index >= 15 is 0 Å². The van der Waals surface area contributed by atoms with Gasteiger partial charge in [0.1, 0.15) is 11.5 Å². The largest absolute Gasteiger partial charge is 0.506 e. The van der Waals surface area contributed by atoms with Crippen molar-refractivity contribution in [2.24, 2.45) is 4.99 Å². The van der Waals surface area contributed by atoms with Crippen LogP contribution in [0.1, 0.15) is 5.56 Å². The number of rotatable bonds is 2. The van der Waals surface area contributed by atoms with Crippen LogP contribution in [0.4, 0.5) is 5.69 Å². The predicted molar refractivity (Wildman–Crippen MR) is 91.6 cm³/mol. The van der Waals surface area contributed by atoms with Crippen LogP contribution in [0.2, 0.25) is 5.02 Å². The summed E-state index contributed by atoms with van der Waals surface area (Å²) in [5.74, 6) is 0.0767. The van der Waals surface area contributed by atoms with Crippen LogP contribution in [-0.2, 0) is 0 Å². The summed E-state index contributed by atoms with van der Waals surface area (Å²) in [6.45, 7) is 0. The Balaban J connectivity index is 2.40. The molecule has 104 valence electrons. The number of phenolic OH excluding ortho intramolecular Hbond substituents is 2. The van der Waals surface area contributed by atoms with Gasteiger partial charge < -0.3 is 10.2 Å². The normalized spacial score (nSPS) is 11.2. The molecule has 3 nitrogen and oxygen atoms in total. The first-order chi connectivity index (χ1) is 9.38. The van der Waals surface area contributed by atoms with Crippen LogP contribution in [0, 0.1) is 0 Å². The highest BCUT2D eigenvalue weighted by molar-refractivity contribution is 9.11. The van der Waals surface area contributed by atoms with E-state index in [9.17, 15) is 10.2 Å². The van der Waals surface area contributed by atoms with Crippen molar-refractivity contribution in [1.82, 2.24) is 0 Å². The molecule has 0 aromatic heterocycles. The third-order valence-electron chi connectivity index (χ3n) is 2.41. The van der Waals surface area contributed by atoms with Crippen molar-refractivity contribution in [3.05, 3.63) is 48.3 Å². The molecule has 20 heavy (non-hydrogen) atoms. The monoisotopic (exact) mass is 481 g/mol. The van der Waals surface area contributed by atoms with E-state index < -0.39 is 0 Å². The van der Waals surface area contributed by atoms with Gasteiger partial charge in [-0.15, -0.1) is 0 Å². The molecule has 0 aliphatic heterocycles. The highest BCUT2D eigenvalue weighted by Crippen LogP contribution is 2.36. The number of halogens is 4. The Labute approximate surface area is 145 Å². The molecule has 0 spiro atoms. The summed E-state index contributed by atoms with van der Waals surface area (Å²) in [4.78, 5) is 4.25. The highest BCUT2D eigenvalue weighted by Gasteiger charge is 2.07. The molecular formula is C13H7Br3ClNO2. The second-order valence-corrected chi connectivity index (χ2v) is 6.87. The molecule has 0 fully saturated rings. The minimum atomic E-state index is -0.0319. The lowest BCUT2D eigenvalue weighted by atomic mass is 10.2. The van der Waals surface area contributed by atoms with E-state index in [-0.39, 0.29) is 16.5 Å². The minimum absolute atomic E-state index is 0.0319. The number of benzene rings is 2. The van der Waals surface area contributed by atoms with Gasteiger partial charge in [0.15, 0.2) is 0 Å². The number of hydrogen-bond donors (Lipinski definition) is 2. The van der Waals surface area contributed by atoms with Gasteiger partial charge in [-0.25, -0.2) is 0 Å². The second kappa shape index (κ2) is 6.47. The van der Waals surface area contributed by atoms with Crippen molar-refractivity contribution >= 4 is 71.3 Å². The lowest BCUT2D eigenvalue weighted by molar-refractivity contribution is 0.468. The molecule has 7 heteroatoms. The fraction of sp³-hybridized carbons (Fsp3) is 0. The van der Waals surface area contributed by atoms with Gasteiger partial charge in [-0.3, -0.25) is 4.99 Å². The Hall–Kier alpha value is -0.560. The van der Waals surface area contributed by atoms with E-state index in [0.29, 0.717) is 20.2 Å². The van der Waals surface area contributed by atoms with Gasteiger partial charge in [-0.05, 0) is 56.1 Å². The van der Waals surface area contributed by atoms with E-state index in [1.54, 1.807) is 24.3 Å². The van der Waals surface area contributed by atoms with E-state index in [4.69, 9.17) is 11.6 Å². The van der Waals surface area contributed by atoms with Crippen LogP contribution in [0.15, 0.2) is 42.7 Å². The highest BCUT2D eigenvalue weighted by atomic mass is 79.9. The molecule has 0 atom stereocenters. The molecule has 0 saturated carbocycles. The quantitative estimate of drug-likeness (QED) is 0.531. The number of aromatic hydroxyl groups is 2. The summed E-state index contributed by atoms with van der Waals surface area (Å²) in [7, 11) is 0. The van der Waals surface area contributed by atoms with Crippen LogP contribution in [-0.4, -0.2) is 16.4 Å². The maximum absolute atomic E-state index is 9.85. The van der Waals surface area contributed by atoms with Crippen LogP contribution in [0.3, 0.4) is 0 Å². The molecule has 0 aliphatic rings. The summed E-state index contributed by atoms with van der Waals surface area (Å²) in [6, 6.07) is 6.62. The Morgan fingerprint density at radius 1 is 0.950 bits per heavy atom. The summed E-state index contributed by atoms with van der Waals surface area (Å²) >= 11 is 15.6. The average molecular weight is 484 g/mol. The molecule has 0 saturated heterocycles. The van der Waals surface area contributed by atoms with Crippen molar-refractivity contribution in [3.8, 4) is 11.5 Å². The topological polar surface area (TPSA) is 52.8 Å².